The van der Waals surface area contributed by atoms with Gasteiger partial charge in [-0.15, -0.1) is 0 Å². The molecule has 92 valence electrons. The SMILES string of the molecule is CC(C)=CC(=O)NC(CC(=O)O)C(C)(C)C. The van der Waals surface area contributed by atoms with E-state index in [1.807, 2.05) is 34.6 Å². The Morgan fingerprint density at radius 2 is 1.81 bits per heavy atom. The van der Waals surface area contributed by atoms with Gasteiger partial charge >= 0.3 is 5.97 Å². The van der Waals surface area contributed by atoms with Crippen LogP contribution >= 0.6 is 0 Å². The largest absolute Gasteiger partial charge is 0.481 e. The minimum Gasteiger partial charge on any atom is -0.481 e. The fourth-order valence-corrected chi connectivity index (χ4v) is 1.22. The van der Waals surface area contributed by atoms with Crippen LogP contribution in [0.1, 0.15) is 41.0 Å². The van der Waals surface area contributed by atoms with Crippen LogP contribution in [0.4, 0.5) is 0 Å². The van der Waals surface area contributed by atoms with Gasteiger partial charge in [0.15, 0.2) is 0 Å². The van der Waals surface area contributed by atoms with E-state index >= 15 is 0 Å². The summed E-state index contributed by atoms with van der Waals surface area (Å²) in [6.45, 7) is 9.36. The van der Waals surface area contributed by atoms with Crippen LogP contribution in [-0.2, 0) is 9.59 Å². The highest BCUT2D eigenvalue weighted by molar-refractivity contribution is 5.88. The Bertz CT molecular complexity index is 296. The molecule has 0 aliphatic rings. The van der Waals surface area contributed by atoms with Gasteiger partial charge in [0.25, 0.3) is 0 Å². The van der Waals surface area contributed by atoms with Crippen molar-refractivity contribution in [2.24, 2.45) is 5.41 Å². The highest BCUT2D eigenvalue weighted by Crippen LogP contribution is 2.21. The van der Waals surface area contributed by atoms with Crippen molar-refractivity contribution in [2.75, 3.05) is 0 Å². The molecule has 0 heterocycles. The third kappa shape index (κ3) is 6.22. The number of carbonyl (C=O) groups excluding carboxylic acids is 1. The van der Waals surface area contributed by atoms with E-state index in [2.05, 4.69) is 5.32 Å². The monoisotopic (exact) mass is 227 g/mol. The second kappa shape index (κ2) is 5.68. The summed E-state index contributed by atoms with van der Waals surface area (Å²) in [4.78, 5) is 22.2. The normalized spacial score (nSPS) is 12.8. The standard InChI is InChI=1S/C12H21NO3/c1-8(2)6-10(14)13-9(7-11(15)16)12(3,4)5/h6,9H,7H2,1-5H3,(H,13,14)(H,15,16). The smallest absolute Gasteiger partial charge is 0.305 e. The molecule has 0 fully saturated rings. The average molecular weight is 227 g/mol. The summed E-state index contributed by atoms with van der Waals surface area (Å²) < 4.78 is 0. The Hall–Kier alpha value is -1.32. The molecule has 0 rings (SSSR count). The molecule has 1 unspecified atom stereocenters. The molecule has 1 atom stereocenters. The summed E-state index contributed by atoms with van der Waals surface area (Å²) in [5.74, 6) is -1.14. The third-order valence-electron chi connectivity index (χ3n) is 2.16. The van der Waals surface area contributed by atoms with Gasteiger partial charge in [-0.2, -0.15) is 0 Å². The molecular formula is C12H21NO3. The van der Waals surface area contributed by atoms with E-state index in [9.17, 15) is 9.59 Å². The van der Waals surface area contributed by atoms with Crippen molar-refractivity contribution >= 4 is 11.9 Å². The fraction of sp³-hybridized carbons (Fsp3) is 0.667. The van der Waals surface area contributed by atoms with Crippen LogP contribution in [-0.4, -0.2) is 23.0 Å². The van der Waals surface area contributed by atoms with Crippen LogP contribution < -0.4 is 5.32 Å². The van der Waals surface area contributed by atoms with Crippen LogP contribution in [0, 0.1) is 5.41 Å². The zero-order chi connectivity index (χ0) is 12.9. The number of hydrogen-bond acceptors (Lipinski definition) is 2. The van der Waals surface area contributed by atoms with Gasteiger partial charge in [-0.05, 0) is 19.3 Å². The number of carboxylic acid groups (broad SMARTS) is 1. The maximum absolute atomic E-state index is 11.5. The van der Waals surface area contributed by atoms with E-state index in [0.29, 0.717) is 0 Å². The first-order chi connectivity index (χ1) is 7.12. The van der Waals surface area contributed by atoms with Gasteiger partial charge in [-0.1, -0.05) is 26.3 Å². The molecule has 0 aromatic heterocycles. The lowest BCUT2D eigenvalue weighted by molar-refractivity contribution is -0.138. The van der Waals surface area contributed by atoms with E-state index in [4.69, 9.17) is 5.11 Å². The van der Waals surface area contributed by atoms with Crippen LogP contribution in [0.3, 0.4) is 0 Å². The third-order valence-corrected chi connectivity index (χ3v) is 2.16. The van der Waals surface area contributed by atoms with Gasteiger partial charge in [-0.25, -0.2) is 0 Å². The van der Waals surface area contributed by atoms with Crippen LogP contribution in [0.2, 0.25) is 0 Å². The van der Waals surface area contributed by atoms with Gasteiger partial charge in [0, 0.05) is 12.1 Å². The number of hydrogen-bond donors (Lipinski definition) is 2. The van der Waals surface area contributed by atoms with Crippen LogP contribution in [0.25, 0.3) is 0 Å². The molecule has 0 aromatic carbocycles. The minimum atomic E-state index is -0.905. The lowest BCUT2D eigenvalue weighted by Crippen LogP contribution is -2.44. The molecule has 4 nitrogen and oxygen atoms in total. The van der Waals surface area contributed by atoms with Crippen molar-refractivity contribution in [3.05, 3.63) is 11.6 Å². The van der Waals surface area contributed by atoms with Gasteiger partial charge in [0.1, 0.15) is 0 Å². The van der Waals surface area contributed by atoms with Crippen molar-refractivity contribution in [3.8, 4) is 0 Å². The lowest BCUT2D eigenvalue weighted by Gasteiger charge is -2.30. The first-order valence-electron chi connectivity index (χ1n) is 5.30. The Labute approximate surface area is 96.7 Å². The first-order valence-corrected chi connectivity index (χ1v) is 5.30. The van der Waals surface area contributed by atoms with Gasteiger partial charge in [0.2, 0.25) is 5.91 Å². The highest BCUT2D eigenvalue weighted by atomic mass is 16.4. The molecule has 0 aliphatic carbocycles. The number of carbonyl (C=O) groups is 2. The lowest BCUT2D eigenvalue weighted by atomic mass is 9.84. The summed E-state index contributed by atoms with van der Waals surface area (Å²) in [5.41, 5.74) is 0.615. The predicted octanol–water partition coefficient (Wildman–Crippen LogP) is 1.96. The minimum absolute atomic E-state index is 0.0636. The van der Waals surface area contributed by atoms with Gasteiger partial charge < -0.3 is 10.4 Å². The van der Waals surface area contributed by atoms with E-state index in [1.54, 1.807) is 0 Å². The van der Waals surface area contributed by atoms with E-state index in [-0.39, 0.29) is 23.8 Å². The molecule has 0 radical (unpaired) electrons. The van der Waals surface area contributed by atoms with E-state index in [1.165, 1.54) is 6.08 Å². The molecule has 0 spiro atoms. The Morgan fingerprint density at radius 3 is 2.12 bits per heavy atom. The molecule has 0 aromatic rings. The number of allylic oxidation sites excluding steroid dienone is 1. The van der Waals surface area contributed by atoms with Crippen LogP contribution in [0.15, 0.2) is 11.6 Å². The Balaban J connectivity index is 4.62. The zero-order valence-corrected chi connectivity index (χ0v) is 10.6. The van der Waals surface area contributed by atoms with Crippen LogP contribution in [0.5, 0.6) is 0 Å². The molecule has 2 N–H and O–H groups in total. The van der Waals surface area contributed by atoms with Crippen molar-refractivity contribution in [1.29, 1.82) is 0 Å². The molecule has 0 bridgehead atoms. The quantitative estimate of drug-likeness (QED) is 0.721. The maximum Gasteiger partial charge on any atom is 0.305 e. The first kappa shape index (κ1) is 14.7. The molecule has 16 heavy (non-hydrogen) atoms. The van der Waals surface area contributed by atoms with Gasteiger partial charge in [-0.3, -0.25) is 9.59 Å². The molecule has 0 saturated heterocycles. The maximum atomic E-state index is 11.5. The molecule has 4 heteroatoms. The highest BCUT2D eigenvalue weighted by Gasteiger charge is 2.27. The van der Waals surface area contributed by atoms with Crippen molar-refractivity contribution < 1.29 is 14.7 Å². The number of amides is 1. The molecule has 1 amide bonds. The second-order valence-electron chi connectivity index (χ2n) is 5.25. The van der Waals surface area contributed by atoms with Gasteiger partial charge in [0.05, 0.1) is 6.42 Å². The summed E-state index contributed by atoms with van der Waals surface area (Å²) in [5, 5.41) is 11.5. The van der Waals surface area contributed by atoms with Crippen molar-refractivity contribution in [3.63, 3.8) is 0 Å². The number of carboxylic acids is 1. The molecular weight excluding hydrogens is 206 g/mol. The Morgan fingerprint density at radius 1 is 1.31 bits per heavy atom. The zero-order valence-electron chi connectivity index (χ0n) is 10.6. The number of rotatable bonds is 4. The van der Waals surface area contributed by atoms with Crippen molar-refractivity contribution in [1.82, 2.24) is 5.32 Å². The van der Waals surface area contributed by atoms with E-state index < -0.39 is 5.97 Å². The summed E-state index contributed by atoms with van der Waals surface area (Å²) in [6.07, 6.45) is 1.41. The summed E-state index contributed by atoms with van der Waals surface area (Å²) in [6, 6.07) is -0.368. The second-order valence-corrected chi connectivity index (χ2v) is 5.25. The average Bonchev–Trinajstić information content (AvgIpc) is 1.98. The number of aliphatic carboxylic acids is 1. The molecule has 0 aliphatic heterocycles. The fourth-order valence-electron chi connectivity index (χ4n) is 1.22. The topological polar surface area (TPSA) is 66.4 Å². The Kier molecular flexibility index (Phi) is 5.21. The predicted molar refractivity (Wildman–Crippen MR) is 63.1 cm³/mol. The van der Waals surface area contributed by atoms with Crippen molar-refractivity contribution in [2.45, 2.75) is 47.1 Å². The number of nitrogens with one attached hydrogen (secondary N) is 1. The van der Waals surface area contributed by atoms with E-state index in [0.717, 1.165) is 5.57 Å². The molecule has 0 saturated carbocycles. The summed E-state index contributed by atoms with van der Waals surface area (Å²) >= 11 is 0. The summed E-state index contributed by atoms with van der Waals surface area (Å²) in [7, 11) is 0.